The Morgan fingerprint density at radius 1 is 1.18 bits per heavy atom. The van der Waals surface area contributed by atoms with E-state index in [1.165, 1.54) is 10.5 Å². The third kappa shape index (κ3) is 4.47. The molecule has 2 amide bonds. The highest BCUT2D eigenvalue weighted by atomic mass is 35.5. The van der Waals surface area contributed by atoms with Crippen molar-refractivity contribution < 1.29 is 14.3 Å². The molecule has 28 heavy (non-hydrogen) atoms. The molecular weight excluding hydrogens is 376 g/mol. The van der Waals surface area contributed by atoms with Gasteiger partial charge in [0.05, 0.1) is 5.69 Å². The molecule has 0 saturated heterocycles. The van der Waals surface area contributed by atoms with Gasteiger partial charge in [0.15, 0.2) is 5.60 Å². The van der Waals surface area contributed by atoms with Crippen LogP contribution in [0.25, 0.3) is 0 Å². The number of nitrogens with one attached hydrogen (secondary N) is 1. The Hall–Kier alpha value is -2.53. The Labute approximate surface area is 170 Å². The molecular formula is C22H25ClN2O3. The van der Waals surface area contributed by atoms with Gasteiger partial charge in [0.2, 0.25) is 5.91 Å². The Morgan fingerprint density at radius 3 is 2.57 bits per heavy atom. The summed E-state index contributed by atoms with van der Waals surface area (Å²) >= 11 is 6.08. The van der Waals surface area contributed by atoms with Crippen molar-refractivity contribution in [1.29, 1.82) is 0 Å². The summed E-state index contributed by atoms with van der Waals surface area (Å²) in [5.41, 5.74) is 1.40. The first-order chi connectivity index (χ1) is 13.3. The Kier molecular flexibility index (Phi) is 5.94. The molecule has 3 rings (SSSR count). The Morgan fingerprint density at radius 2 is 1.89 bits per heavy atom. The van der Waals surface area contributed by atoms with E-state index in [0.717, 1.165) is 19.3 Å². The second-order valence-electron chi connectivity index (χ2n) is 7.46. The number of aryl methyl sites for hydroxylation is 1. The maximum Gasteiger partial charge on any atom is 0.271 e. The van der Waals surface area contributed by atoms with Crippen LogP contribution >= 0.6 is 11.6 Å². The number of carbonyl (C=O) groups is 2. The highest BCUT2D eigenvalue weighted by molar-refractivity contribution is 6.31. The van der Waals surface area contributed by atoms with Crippen molar-refractivity contribution in [3.8, 4) is 5.75 Å². The van der Waals surface area contributed by atoms with Crippen LogP contribution in [0.1, 0.15) is 39.2 Å². The van der Waals surface area contributed by atoms with Gasteiger partial charge in [0.25, 0.3) is 5.91 Å². The maximum atomic E-state index is 12.8. The minimum atomic E-state index is -1.05. The largest absolute Gasteiger partial charge is 0.476 e. The molecule has 1 aliphatic heterocycles. The van der Waals surface area contributed by atoms with Crippen molar-refractivity contribution in [1.82, 2.24) is 0 Å². The van der Waals surface area contributed by atoms with Crippen molar-refractivity contribution in [2.45, 2.75) is 45.6 Å². The van der Waals surface area contributed by atoms with Crippen molar-refractivity contribution in [3.63, 3.8) is 0 Å². The molecule has 0 aromatic heterocycles. The smallest absolute Gasteiger partial charge is 0.271 e. The fourth-order valence-corrected chi connectivity index (χ4v) is 3.34. The summed E-state index contributed by atoms with van der Waals surface area (Å²) in [7, 11) is 0. The van der Waals surface area contributed by atoms with Gasteiger partial charge < -0.3 is 10.1 Å². The van der Waals surface area contributed by atoms with E-state index in [0.29, 0.717) is 22.1 Å². The SMILES string of the molecule is CCCCc1ccc(NC(=O)CN2C(=O)C(C)(C)Oc3ccc(Cl)cc32)cc1. The van der Waals surface area contributed by atoms with Gasteiger partial charge in [-0.1, -0.05) is 37.1 Å². The van der Waals surface area contributed by atoms with Gasteiger partial charge in [0.1, 0.15) is 12.3 Å². The molecule has 1 aliphatic rings. The van der Waals surface area contributed by atoms with Gasteiger partial charge in [-0.25, -0.2) is 0 Å². The number of nitrogens with zero attached hydrogens (tertiary/aromatic N) is 1. The summed E-state index contributed by atoms with van der Waals surface area (Å²) in [5.74, 6) is -0.0345. The van der Waals surface area contributed by atoms with Gasteiger partial charge in [-0.3, -0.25) is 14.5 Å². The predicted octanol–water partition coefficient (Wildman–Crippen LogP) is 4.83. The maximum absolute atomic E-state index is 12.8. The van der Waals surface area contributed by atoms with Crippen molar-refractivity contribution in [2.75, 3.05) is 16.8 Å². The molecule has 0 spiro atoms. The lowest BCUT2D eigenvalue weighted by molar-refractivity contribution is -0.133. The van der Waals surface area contributed by atoms with Crippen molar-refractivity contribution in [2.24, 2.45) is 0 Å². The third-order valence-corrected chi connectivity index (χ3v) is 4.93. The Balaban J connectivity index is 1.74. The molecule has 5 nitrogen and oxygen atoms in total. The first-order valence-electron chi connectivity index (χ1n) is 9.49. The van der Waals surface area contributed by atoms with Gasteiger partial charge in [-0.2, -0.15) is 0 Å². The number of halogens is 1. The average Bonchev–Trinajstić information content (AvgIpc) is 2.65. The van der Waals surface area contributed by atoms with Gasteiger partial charge in [-0.15, -0.1) is 0 Å². The quantitative estimate of drug-likeness (QED) is 0.755. The molecule has 2 aromatic rings. The lowest BCUT2D eigenvalue weighted by atomic mass is 10.0. The zero-order valence-electron chi connectivity index (χ0n) is 16.4. The van der Waals surface area contributed by atoms with Crippen LogP contribution in [0, 0.1) is 0 Å². The molecule has 0 fully saturated rings. The van der Waals surface area contributed by atoms with E-state index in [2.05, 4.69) is 12.2 Å². The van der Waals surface area contributed by atoms with E-state index in [9.17, 15) is 9.59 Å². The fourth-order valence-electron chi connectivity index (χ4n) is 3.18. The van der Waals surface area contributed by atoms with Gasteiger partial charge >= 0.3 is 0 Å². The number of amides is 2. The number of ether oxygens (including phenoxy) is 1. The molecule has 0 saturated carbocycles. The Bertz CT molecular complexity index is 878. The van der Waals surface area contributed by atoms with Crippen molar-refractivity contribution >= 4 is 34.8 Å². The number of benzene rings is 2. The molecule has 0 unspecified atom stereocenters. The summed E-state index contributed by atoms with van der Waals surface area (Å²) in [4.78, 5) is 26.9. The standard InChI is InChI=1S/C22H25ClN2O3/c1-4-5-6-15-7-10-17(11-8-15)24-20(26)14-25-18-13-16(23)9-12-19(18)28-22(2,3)21(25)27/h7-13H,4-6,14H2,1-3H3,(H,24,26). The topological polar surface area (TPSA) is 58.6 Å². The molecule has 1 N–H and O–H groups in total. The van der Waals surface area contributed by atoms with Crippen LogP contribution < -0.4 is 15.0 Å². The highest BCUT2D eigenvalue weighted by Crippen LogP contribution is 2.39. The number of fused-ring (bicyclic) bond motifs is 1. The molecule has 0 aliphatic carbocycles. The van der Waals surface area contributed by atoms with Crippen LogP contribution in [0.15, 0.2) is 42.5 Å². The molecule has 1 heterocycles. The van der Waals surface area contributed by atoms with E-state index in [1.807, 2.05) is 24.3 Å². The zero-order chi connectivity index (χ0) is 20.3. The predicted molar refractivity (Wildman–Crippen MR) is 112 cm³/mol. The zero-order valence-corrected chi connectivity index (χ0v) is 17.2. The molecule has 0 bridgehead atoms. The van der Waals surface area contributed by atoms with Gasteiger partial charge in [-0.05, 0) is 62.6 Å². The summed E-state index contributed by atoms with van der Waals surface area (Å²) in [6.07, 6.45) is 3.32. The monoisotopic (exact) mass is 400 g/mol. The second-order valence-corrected chi connectivity index (χ2v) is 7.90. The van der Waals surface area contributed by atoms with E-state index in [-0.39, 0.29) is 18.4 Å². The number of hydrogen-bond acceptors (Lipinski definition) is 3. The number of unbranched alkanes of at least 4 members (excludes halogenated alkanes) is 1. The molecule has 148 valence electrons. The normalized spacial score (nSPS) is 15.0. The van der Waals surface area contributed by atoms with Crippen LogP contribution in [0.2, 0.25) is 5.02 Å². The van der Waals surface area contributed by atoms with Gasteiger partial charge in [0, 0.05) is 10.7 Å². The molecule has 0 radical (unpaired) electrons. The van der Waals surface area contributed by atoms with Crippen LogP contribution in [-0.4, -0.2) is 24.0 Å². The summed E-state index contributed by atoms with van der Waals surface area (Å²) in [5, 5.41) is 3.33. The number of rotatable bonds is 6. The summed E-state index contributed by atoms with van der Waals surface area (Å²) < 4.78 is 5.78. The molecule has 6 heteroatoms. The second kappa shape index (κ2) is 8.23. The summed E-state index contributed by atoms with van der Waals surface area (Å²) in [6.45, 7) is 5.42. The average molecular weight is 401 g/mol. The lowest BCUT2D eigenvalue weighted by Crippen LogP contribution is -2.54. The van der Waals surface area contributed by atoms with E-state index in [4.69, 9.17) is 16.3 Å². The van der Waals surface area contributed by atoms with E-state index < -0.39 is 5.60 Å². The van der Waals surface area contributed by atoms with Crippen LogP contribution in [0.5, 0.6) is 5.75 Å². The molecule has 0 atom stereocenters. The first-order valence-corrected chi connectivity index (χ1v) is 9.87. The number of anilines is 2. The van der Waals surface area contributed by atoms with Crippen LogP contribution in [-0.2, 0) is 16.0 Å². The summed E-state index contributed by atoms with van der Waals surface area (Å²) in [6, 6.07) is 12.9. The van der Waals surface area contributed by atoms with E-state index in [1.54, 1.807) is 32.0 Å². The van der Waals surface area contributed by atoms with Crippen molar-refractivity contribution in [3.05, 3.63) is 53.1 Å². The minimum absolute atomic E-state index is 0.115. The third-order valence-electron chi connectivity index (χ3n) is 4.70. The minimum Gasteiger partial charge on any atom is -0.476 e. The first kappa shape index (κ1) is 20.2. The van der Waals surface area contributed by atoms with Crippen LogP contribution in [0.4, 0.5) is 11.4 Å². The fraction of sp³-hybridized carbons (Fsp3) is 0.364. The van der Waals surface area contributed by atoms with Crippen LogP contribution in [0.3, 0.4) is 0 Å². The van der Waals surface area contributed by atoms with E-state index >= 15 is 0 Å². The number of carbonyl (C=O) groups excluding carboxylic acids is 2. The molecule has 2 aromatic carbocycles. The highest BCUT2D eigenvalue weighted by Gasteiger charge is 2.41. The lowest BCUT2D eigenvalue weighted by Gasteiger charge is -2.38. The number of hydrogen-bond donors (Lipinski definition) is 1.